The van der Waals surface area contributed by atoms with Crippen LogP contribution in [0.5, 0.6) is 5.75 Å². The number of aromatic hydroxyl groups is 1. The molecule has 0 bridgehead atoms. The van der Waals surface area contributed by atoms with E-state index in [0.717, 1.165) is 0 Å². The van der Waals surface area contributed by atoms with Gasteiger partial charge in [-0.3, -0.25) is 0 Å². The molecule has 0 amide bonds. The van der Waals surface area contributed by atoms with Gasteiger partial charge in [-0.2, -0.15) is 0 Å². The van der Waals surface area contributed by atoms with Crippen LogP contribution in [0.3, 0.4) is 0 Å². The zero-order valence-corrected chi connectivity index (χ0v) is 6.36. The summed E-state index contributed by atoms with van der Waals surface area (Å²) in [6, 6.07) is 8.71. The van der Waals surface area contributed by atoms with E-state index >= 15 is 0 Å². The van der Waals surface area contributed by atoms with Gasteiger partial charge >= 0.3 is 0 Å². The van der Waals surface area contributed by atoms with Gasteiger partial charge in [0.25, 0.3) is 0 Å². The SMILES string of the molecule is Cl.Oc1ccccc1.[Ni]. The van der Waals surface area contributed by atoms with E-state index in [4.69, 9.17) is 5.11 Å². The maximum Gasteiger partial charge on any atom is 0.115 e. The van der Waals surface area contributed by atoms with Gasteiger partial charge in [0.1, 0.15) is 5.75 Å². The predicted octanol–water partition coefficient (Wildman–Crippen LogP) is 1.81. The molecule has 0 saturated heterocycles. The van der Waals surface area contributed by atoms with Crippen LogP contribution < -0.4 is 0 Å². The Bertz CT molecular complexity index is 143. The minimum Gasteiger partial charge on any atom is -0.508 e. The van der Waals surface area contributed by atoms with Gasteiger partial charge in [-0.05, 0) is 12.1 Å². The van der Waals surface area contributed by atoms with E-state index in [-0.39, 0.29) is 28.9 Å². The molecule has 54 valence electrons. The van der Waals surface area contributed by atoms with Crippen LogP contribution in [0.4, 0.5) is 0 Å². The molecule has 0 saturated carbocycles. The van der Waals surface area contributed by atoms with E-state index in [9.17, 15) is 0 Å². The van der Waals surface area contributed by atoms with Gasteiger partial charge in [-0.25, -0.2) is 0 Å². The number of halogens is 1. The first-order valence-electron chi connectivity index (χ1n) is 2.13. The molecule has 0 aliphatic rings. The standard InChI is InChI=1S/C6H6O.ClH.Ni/c7-6-4-2-1-3-5-6;;/h1-5,7H;1H;. The Morgan fingerprint density at radius 3 is 1.67 bits per heavy atom. The maximum absolute atomic E-state index is 8.63. The molecule has 0 aliphatic heterocycles. The van der Waals surface area contributed by atoms with Crippen LogP contribution >= 0.6 is 12.4 Å². The number of hydrogen-bond acceptors (Lipinski definition) is 1. The van der Waals surface area contributed by atoms with Gasteiger partial charge in [0.2, 0.25) is 0 Å². The van der Waals surface area contributed by atoms with Crippen molar-refractivity contribution >= 4 is 12.4 Å². The first-order valence-corrected chi connectivity index (χ1v) is 2.13. The second-order valence-corrected chi connectivity index (χ2v) is 1.34. The van der Waals surface area contributed by atoms with Crippen molar-refractivity contribution in [2.24, 2.45) is 0 Å². The fourth-order valence-electron chi connectivity index (χ4n) is 0.428. The van der Waals surface area contributed by atoms with E-state index in [0.29, 0.717) is 5.75 Å². The van der Waals surface area contributed by atoms with Gasteiger partial charge in [0.15, 0.2) is 0 Å². The topological polar surface area (TPSA) is 20.2 Å². The van der Waals surface area contributed by atoms with Crippen molar-refractivity contribution in [2.75, 3.05) is 0 Å². The van der Waals surface area contributed by atoms with Crippen molar-refractivity contribution in [2.45, 2.75) is 0 Å². The average Bonchev–Trinajstić information content (AvgIpc) is 1.69. The zero-order valence-electron chi connectivity index (χ0n) is 4.56. The number of phenolic OH excluding ortho intramolecular Hbond substituents is 1. The van der Waals surface area contributed by atoms with Crippen LogP contribution in [0, 0.1) is 0 Å². The number of phenols is 1. The van der Waals surface area contributed by atoms with Crippen LogP contribution in [0.25, 0.3) is 0 Å². The van der Waals surface area contributed by atoms with Crippen LogP contribution in [-0.2, 0) is 16.5 Å². The fourth-order valence-corrected chi connectivity index (χ4v) is 0.428. The summed E-state index contributed by atoms with van der Waals surface area (Å²) in [7, 11) is 0. The molecule has 0 aromatic heterocycles. The van der Waals surface area contributed by atoms with E-state index < -0.39 is 0 Å². The summed E-state index contributed by atoms with van der Waals surface area (Å²) in [6.07, 6.45) is 0. The summed E-state index contributed by atoms with van der Waals surface area (Å²) in [5.41, 5.74) is 0. The first kappa shape index (κ1) is 11.6. The Hall–Kier alpha value is -0.196. The van der Waals surface area contributed by atoms with Gasteiger partial charge in [0, 0.05) is 16.5 Å². The molecule has 0 heterocycles. The summed E-state index contributed by atoms with van der Waals surface area (Å²) in [5.74, 6) is 0.322. The molecule has 0 spiro atoms. The molecule has 1 N–H and O–H groups in total. The minimum absolute atomic E-state index is 0. The third kappa shape index (κ3) is 4.32. The fraction of sp³-hybridized carbons (Fsp3) is 0. The summed E-state index contributed by atoms with van der Waals surface area (Å²) in [5, 5.41) is 8.63. The Balaban J connectivity index is 0. The van der Waals surface area contributed by atoms with Gasteiger partial charge < -0.3 is 5.11 Å². The Kier molecular flexibility index (Phi) is 7.63. The number of benzene rings is 1. The Morgan fingerprint density at radius 1 is 1.00 bits per heavy atom. The summed E-state index contributed by atoms with van der Waals surface area (Å²) in [6.45, 7) is 0. The van der Waals surface area contributed by atoms with Gasteiger partial charge in [-0.15, -0.1) is 12.4 Å². The van der Waals surface area contributed by atoms with E-state index in [1.165, 1.54) is 0 Å². The van der Waals surface area contributed by atoms with Crippen molar-refractivity contribution in [3.63, 3.8) is 0 Å². The van der Waals surface area contributed by atoms with Crippen LogP contribution in [0.1, 0.15) is 0 Å². The molecule has 0 atom stereocenters. The quantitative estimate of drug-likeness (QED) is 0.617. The van der Waals surface area contributed by atoms with E-state index in [1.807, 2.05) is 6.07 Å². The van der Waals surface area contributed by atoms with Crippen LogP contribution in [0.15, 0.2) is 30.3 Å². The Labute approximate surface area is 70.4 Å². The molecular weight excluding hydrogens is 182 g/mol. The molecule has 1 aromatic rings. The third-order valence-electron chi connectivity index (χ3n) is 0.756. The number of para-hydroxylation sites is 1. The molecule has 3 heteroatoms. The molecule has 9 heavy (non-hydrogen) atoms. The van der Waals surface area contributed by atoms with Gasteiger partial charge in [0.05, 0.1) is 0 Å². The van der Waals surface area contributed by atoms with Gasteiger partial charge in [-0.1, -0.05) is 18.2 Å². The summed E-state index contributed by atoms with van der Waals surface area (Å²) < 4.78 is 0. The van der Waals surface area contributed by atoms with Crippen molar-refractivity contribution in [1.82, 2.24) is 0 Å². The van der Waals surface area contributed by atoms with Crippen LogP contribution in [-0.4, -0.2) is 5.11 Å². The van der Waals surface area contributed by atoms with Crippen molar-refractivity contribution in [3.8, 4) is 5.75 Å². The Morgan fingerprint density at radius 2 is 1.44 bits per heavy atom. The molecule has 1 nitrogen and oxygen atoms in total. The van der Waals surface area contributed by atoms with Crippen LogP contribution in [0.2, 0.25) is 0 Å². The molecular formula is C6H7ClNiO. The monoisotopic (exact) mass is 188 g/mol. The second-order valence-electron chi connectivity index (χ2n) is 1.34. The summed E-state index contributed by atoms with van der Waals surface area (Å²) >= 11 is 0. The maximum atomic E-state index is 8.63. The zero-order chi connectivity index (χ0) is 5.11. The largest absolute Gasteiger partial charge is 0.508 e. The van der Waals surface area contributed by atoms with Crippen molar-refractivity contribution < 1.29 is 21.6 Å². The normalized spacial score (nSPS) is 6.67. The summed E-state index contributed by atoms with van der Waals surface area (Å²) in [4.78, 5) is 0. The smallest absolute Gasteiger partial charge is 0.115 e. The minimum atomic E-state index is 0. The molecule has 0 radical (unpaired) electrons. The molecule has 0 fully saturated rings. The third-order valence-corrected chi connectivity index (χ3v) is 0.756. The average molecular weight is 189 g/mol. The predicted molar refractivity (Wildman–Crippen MR) is 35.4 cm³/mol. The number of hydrogen-bond donors (Lipinski definition) is 1. The van der Waals surface area contributed by atoms with Crippen molar-refractivity contribution in [1.29, 1.82) is 0 Å². The molecule has 1 aromatic carbocycles. The molecule has 0 aliphatic carbocycles. The van der Waals surface area contributed by atoms with E-state index in [2.05, 4.69) is 0 Å². The van der Waals surface area contributed by atoms with E-state index in [1.54, 1.807) is 24.3 Å². The second kappa shape index (κ2) is 5.93. The molecule has 0 unspecified atom stereocenters. The number of rotatable bonds is 0. The van der Waals surface area contributed by atoms with Crippen molar-refractivity contribution in [3.05, 3.63) is 30.3 Å². The molecule has 1 rings (SSSR count). The first-order chi connectivity index (χ1) is 3.39.